The zero-order valence-corrected chi connectivity index (χ0v) is 12.1. The Morgan fingerprint density at radius 2 is 2.10 bits per heavy atom. The lowest BCUT2D eigenvalue weighted by Gasteiger charge is -2.10. The van der Waals surface area contributed by atoms with E-state index in [9.17, 15) is 9.90 Å². The minimum absolute atomic E-state index is 0.00603. The van der Waals surface area contributed by atoms with Crippen LogP contribution in [-0.2, 0) is 7.05 Å². The van der Waals surface area contributed by atoms with Crippen molar-refractivity contribution in [3.05, 3.63) is 56.6 Å². The fraction of sp³-hybridized carbons (Fsp3) is 0.214. The van der Waals surface area contributed by atoms with Gasteiger partial charge in [0.2, 0.25) is 5.88 Å². The summed E-state index contributed by atoms with van der Waals surface area (Å²) in [4.78, 5) is 14.6. The molecule has 0 aliphatic carbocycles. The van der Waals surface area contributed by atoms with Gasteiger partial charge in [-0.2, -0.15) is 5.10 Å². The van der Waals surface area contributed by atoms with Gasteiger partial charge in [0.1, 0.15) is 5.56 Å². The molecule has 7 heteroatoms. The molecule has 1 aliphatic rings. The van der Waals surface area contributed by atoms with Gasteiger partial charge < -0.3 is 10.5 Å². The molecule has 3 rings (SSSR count). The highest BCUT2D eigenvalue weighted by Gasteiger charge is 2.26. The van der Waals surface area contributed by atoms with Crippen LogP contribution in [0.3, 0.4) is 0 Å². The van der Waals surface area contributed by atoms with Gasteiger partial charge in [-0.1, -0.05) is 30.3 Å². The molecule has 6 nitrogen and oxygen atoms in total. The third kappa shape index (κ3) is 2.36. The molecular formula is C14H14N4O2S. The molecular weight excluding hydrogens is 288 g/mol. The van der Waals surface area contributed by atoms with Crippen molar-refractivity contribution >= 4 is 17.9 Å². The van der Waals surface area contributed by atoms with Crippen LogP contribution in [0, 0.1) is 4.77 Å². The second-order valence-electron chi connectivity index (χ2n) is 4.87. The number of benzene rings is 1. The monoisotopic (exact) mass is 302 g/mol. The Kier molecular flexibility index (Phi) is 3.34. The topological polar surface area (TPSA) is 82.4 Å². The fourth-order valence-corrected chi connectivity index (χ4v) is 2.52. The molecule has 21 heavy (non-hydrogen) atoms. The van der Waals surface area contributed by atoms with Gasteiger partial charge in [-0.3, -0.25) is 14.3 Å². The molecule has 0 spiro atoms. The van der Waals surface area contributed by atoms with E-state index in [1.54, 1.807) is 7.05 Å². The minimum Gasteiger partial charge on any atom is -0.494 e. The molecule has 0 radical (unpaired) electrons. The van der Waals surface area contributed by atoms with Gasteiger partial charge >= 0.3 is 0 Å². The Bertz CT molecular complexity index is 823. The highest BCUT2D eigenvalue weighted by molar-refractivity contribution is 7.71. The van der Waals surface area contributed by atoms with E-state index in [1.165, 1.54) is 4.57 Å². The van der Waals surface area contributed by atoms with E-state index in [0.717, 1.165) is 5.56 Å². The number of nitrogens with one attached hydrogen (secondary N) is 2. The SMILES string of the molecule is Cn1c(O)c(C2=NNC(c3ccccc3)C2)c(=O)[nH]c1=S. The van der Waals surface area contributed by atoms with Gasteiger partial charge in [0.25, 0.3) is 5.56 Å². The van der Waals surface area contributed by atoms with E-state index in [0.29, 0.717) is 12.1 Å². The van der Waals surface area contributed by atoms with Crippen LogP contribution in [0.25, 0.3) is 0 Å². The van der Waals surface area contributed by atoms with E-state index >= 15 is 0 Å². The molecule has 1 unspecified atom stereocenters. The highest BCUT2D eigenvalue weighted by Crippen LogP contribution is 2.25. The first-order valence-electron chi connectivity index (χ1n) is 6.47. The van der Waals surface area contributed by atoms with Gasteiger partial charge in [-0.15, -0.1) is 0 Å². The molecule has 1 aliphatic heterocycles. The first kappa shape index (κ1) is 13.6. The third-order valence-corrected chi connectivity index (χ3v) is 3.91. The number of aromatic nitrogens is 2. The fourth-order valence-electron chi connectivity index (χ4n) is 2.35. The highest BCUT2D eigenvalue weighted by atomic mass is 32.1. The van der Waals surface area contributed by atoms with Gasteiger partial charge in [0.05, 0.1) is 11.8 Å². The van der Waals surface area contributed by atoms with Crippen molar-refractivity contribution in [2.45, 2.75) is 12.5 Å². The maximum absolute atomic E-state index is 12.0. The lowest BCUT2D eigenvalue weighted by Crippen LogP contribution is -2.21. The lowest BCUT2D eigenvalue weighted by atomic mass is 10.0. The van der Waals surface area contributed by atoms with Crippen LogP contribution in [0.15, 0.2) is 40.2 Å². The van der Waals surface area contributed by atoms with Crippen molar-refractivity contribution in [2.24, 2.45) is 12.1 Å². The Morgan fingerprint density at radius 3 is 2.81 bits per heavy atom. The molecule has 1 aromatic carbocycles. The molecule has 0 saturated carbocycles. The predicted octanol–water partition coefficient (Wildman–Crippen LogP) is 1.59. The Hall–Kier alpha value is -2.41. The second kappa shape index (κ2) is 5.17. The molecule has 3 N–H and O–H groups in total. The van der Waals surface area contributed by atoms with Crippen molar-refractivity contribution in [3.8, 4) is 5.88 Å². The summed E-state index contributed by atoms with van der Waals surface area (Å²) in [5.41, 5.74) is 4.34. The lowest BCUT2D eigenvalue weighted by molar-refractivity contribution is 0.419. The maximum Gasteiger partial charge on any atom is 0.264 e. The van der Waals surface area contributed by atoms with Gasteiger partial charge in [-0.25, -0.2) is 0 Å². The van der Waals surface area contributed by atoms with Crippen LogP contribution < -0.4 is 11.0 Å². The number of H-pyrrole nitrogens is 1. The zero-order valence-electron chi connectivity index (χ0n) is 11.3. The van der Waals surface area contributed by atoms with E-state index in [-0.39, 0.29) is 22.3 Å². The summed E-state index contributed by atoms with van der Waals surface area (Å²) in [5.74, 6) is -0.169. The summed E-state index contributed by atoms with van der Waals surface area (Å²) < 4.78 is 1.53. The Balaban J connectivity index is 1.96. The van der Waals surface area contributed by atoms with Gasteiger partial charge in [0.15, 0.2) is 4.77 Å². The molecule has 0 bridgehead atoms. The quantitative estimate of drug-likeness (QED) is 0.736. The molecule has 2 heterocycles. The summed E-state index contributed by atoms with van der Waals surface area (Å²) >= 11 is 4.95. The van der Waals surface area contributed by atoms with Crippen molar-refractivity contribution in [1.82, 2.24) is 15.0 Å². The third-order valence-electron chi connectivity index (χ3n) is 3.54. The van der Waals surface area contributed by atoms with Crippen LogP contribution in [-0.4, -0.2) is 20.4 Å². The summed E-state index contributed by atoms with van der Waals surface area (Å²) in [7, 11) is 1.59. The largest absolute Gasteiger partial charge is 0.494 e. The number of aromatic amines is 1. The molecule has 1 atom stereocenters. The molecule has 0 saturated heterocycles. The number of nitrogens with zero attached hydrogens (tertiary/aromatic N) is 2. The summed E-state index contributed by atoms with van der Waals surface area (Å²) in [6, 6.07) is 9.82. The number of hydrogen-bond donors (Lipinski definition) is 3. The van der Waals surface area contributed by atoms with Crippen LogP contribution in [0.4, 0.5) is 0 Å². The van der Waals surface area contributed by atoms with Gasteiger partial charge in [-0.05, 0) is 17.8 Å². The minimum atomic E-state index is -0.426. The van der Waals surface area contributed by atoms with Crippen molar-refractivity contribution in [3.63, 3.8) is 0 Å². The van der Waals surface area contributed by atoms with E-state index in [1.807, 2.05) is 30.3 Å². The van der Waals surface area contributed by atoms with Gasteiger partial charge in [0, 0.05) is 13.5 Å². The molecule has 1 aromatic heterocycles. The average molecular weight is 302 g/mol. The summed E-state index contributed by atoms with van der Waals surface area (Å²) in [6.07, 6.45) is 0.525. The number of hydrazone groups is 1. The molecule has 0 amide bonds. The van der Waals surface area contributed by atoms with Crippen molar-refractivity contribution < 1.29 is 5.11 Å². The predicted molar refractivity (Wildman–Crippen MR) is 82.0 cm³/mol. The van der Waals surface area contributed by atoms with Crippen LogP contribution in [0.1, 0.15) is 23.6 Å². The molecule has 108 valence electrons. The second-order valence-corrected chi connectivity index (χ2v) is 5.26. The first-order valence-corrected chi connectivity index (χ1v) is 6.88. The normalized spacial score (nSPS) is 17.4. The number of aromatic hydroxyl groups is 1. The van der Waals surface area contributed by atoms with E-state index in [2.05, 4.69) is 15.5 Å². The van der Waals surface area contributed by atoms with Crippen molar-refractivity contribution in [1.29, 1.82) is 0 Å². The van der Waals surface area contributed by atoms with Crippen LogP contribution in [0.5, 0.6) is 5.88 Å². The molecule has 0 fully saturated rings. The van der Waals surface area contributed by atoms with Crippen LogP contribution in [0.2, 0.25) is 0 Å². The Morgan fingerprint density at radius 1 is 1.38 bits per heavy atom. The number of hydrogen-bond acceptors (Lipinski definition) is 5. The van der Waals surface area contributed by atoms with E-state index < -0.39 is 5.56 Å². The maximum atomic E-state index is 12.0. The molecule has 2 aromatic rings. The summed E-state index contributed by atoms with van der Waals surface area (Å²) in [5, 5.41) is 14.3. The van der Waals surface area contributed by atoms with Crippen LogP contribution >= 0.6 is 12.2 Å². The Labute approximate surface area is 125 Å². The smallest absolute Gasteiger partial charge is 0.264 e. The van der Waals surface area contributed by atoms with Crippen molar-refractivity contribution in [2.75, 3.05) is 0 Å². The average Bonchev–Trinajstić information content (AvgIpc) is 2.95. The number of rotatable bonds is 2. The van der Waals surface area contributed by atoms with E-state index in [4.69, 9.17) is 12.2 Å². The zero-order chi connectivity index (χ0) is 15.0. The standard InChI is InChI=1S/C14H14N4O2S/c1-18-13(20)11(12(19)15-14(18)21)10-7-9(16-17-10)8-5-3-2-4-6-8/h2-6,9,16,20H,7H2,1H3,(H,15,19,21). The summed E-state index contributed by atoms with van der Waals surface area (Å²) in [6.45, 7) is 0. The first-order chi connectivity index (χ1) is 10.1.